The molecule has 0 radical (unpaired) electrons. The summed E-state index contributed by atoms with van der Waals surface area (Å²) in [5.41, 5.74) is 7.23. The molecule has 5 heteroatoms. The largest absolute Gasteiger partial charge is 0.484 e. The number of nitrogens with one attached hydrogen (secondary N) is 1. The van der Waals surface area contributed by atoms with Crippen LogP contribution in [0.5, 0.6) is 5.75 Å². The molecule has 0 saturated carbocycles. The lowest BCUT2D eigenvalue weighted by molar-refractivity contribution is 0.285. The van der Waals surface area contributed by atoms with Crippen LogP contribution >= 0.6 is 0 Å². The lowest BCUT2D eigenvalue weighted by atomic mass is 10.2. The van der Waals surface area contributed by atoms with E-state index in [2.05, 4.69) is 4.98 Å². The van der Waals surface area contributed by atoms with Crippen molar-refractivity contribution in [1.82, 2.24) is 4.98 Å². The van der Waals surface area contributed by atoms with Crippen LogP contribution in [0.4, 0.5) is 4.39 Å². The summed E-state index contributed by atoms with van der Waals surface area (Å²) in [5, 5.41) is 7.22. The minimum atomic E-state index is -0.541. The van der Waals surface area contributed by atoms with Crippen LogP contribution in [0.2, 0.25) is 0 Å². The van der Waals surface area contributed by atoms with Gasteiger partial charge in [0.05, 0.1) is 5.69 Å². The summed E-state index contributed by atoms with van der Waals surface area (Å²) in [7, 11) is 0. The third-order valence-corrected chi connectivity index (χ3v) is 2.56. The molecule has 0 unspecified atom stereocenters. The second-order valence-corrected chi connectivity index (χ2v) is 4.12. The third-order valence-electron chi connectivity index (χ3n) is 2.56. The molecule has 19 heavy (non-hydrogen) atoms. The predicted octanol–water partition coefficient (Wildman–Crippen LogP) is 2.39. The number of nitrogen functional groups attached to an aromatic ring is 1. The number of nitrogens with zero attached hydrogens (tertiary/aromatic N) is 1. The monoisotopic (exact) mass is 259 g/mol. The fourth-order valence-electron chi connectivity index (χ4n) is 1.62. The van der Waals surface area contributed by atoms with E-state index in [1.54, 1.807) is 6.07 Å². The summed E-state index contributed by atoms with van der Waals surface area (Å²) in [6.07, 6.45) is 0. The van der Waals surface area contributed by atoms with E-state index in [9.17, 15) is 4.39 Å². The highest BCUT2D eigenvalue weighted by atomic mass is 19.1. The third kappa shape index (κ3) is 3.28. The zero-order valence-electron chi connectivity index (χ0n) is 10.5. The molecule has 2 rings (SSSR count). The van der Waals surface area contributed by atoms with Crippen molar-refractivity contribution in [3.63, 3.8) is 0 Å². The van der Waals surface area contributed by atoms with Gasteiger partial charge in [0.1, 0.15) is 12.4 Å². The van der Waals surface area contributed by atoms with E-state index in [1.807, 2.05) is 25.1 Å². The lowest BCUT2D eigenvalue weighted by Gasteiger charge is -2.08. The molecule has 1 aromatic carbocycles. The number of benzene rings is 1. The van der Waals surface area contributed by atoms with Gasteiger partial charge in [0.25, 0.3) is 0 Å². The summed E-state index contributed by atoms with van der Waals surface area (Å²) >= 11 is 0. The lowest BCUT2D eigenvalue weighted by Crippen LogP contribution is -2.11. The molecular formula is C14H14FN3O. The first kappa shape index (κ1) is 13.0. The van der Waals surface area contributed by atoms with E-state index >= 15 is 0 Å². The Morgan fingerprint density at radius 2 is 2.16 bits per heavy atom. The molecular weight excluding hydrogens is 245 g/mol. The zero-order chi connectivity index (χ0) is 13.8. The molecule has 0 saturated heterocycles. The van der Waals surface area contributed by atoms with Crippen LogP contribution in [0.25, 0.3) is 0 Å². The first-order valence-electron chi connectivity index (χ1n) is 5.75. The Morgan fingerprint density at radius 1 is 1.37 bits per heavy atom. The molecule has 1 aromatic heterocycles. The number of amidine groups is 1. The molecule has 0 spiro atoms. The van der Waals surface area contributed by atoms with Crippen molar-refractivity contribution in [2.45, 2.75) is 13.5 Å². The maximum absolute atomic E-state index is 13.7. The van der Waals surface area contributed by atoms with Gasteiger partial charge in [0.2, 0.25) is 0 Å². The number of nitrogens with two attached hydrogens (primary N) is 1. The smallest absolute Gasteiger partial charge is 0.165 e. The van der Waals surface area contributed by atoms with Gasteiger partial charge in [0, 0.05) is 11.3 Å². The predicted molar refractivity (Wildman–Crippen MR) is 70.7 cm³/mol. The summed E-state index contributed by atoms with van der Waals surface area (Å²) in [6, 6.07) is 9.75. The Morgan fingerprint density at radius 3 is 2.79 bits per heavy atom. The number of aryl methyl sites for hydroxylation is 1. The maximum atomic E-state index is 13.7. The fraction of sp³-hybridized carbons (Fsp3) is 0.143. The standard InChI is InChI=1S/C14H14FN3O/c1-9-3-2-4-11(18-9)8-19-13-6-5-10(14(16)17)7-12(13)15/h2-7H,8H2,1H3,(H3,16,17). The average molecular weight is 259 g/mol. The number of aromatic nitrogens is 1. The molecule has 0 aliphatic heterocycles. The number of ether oxygens (including phenoxy) is 1. The quantitative estimate of drug-likeness (QED) is 0.654. The van der Waals surface area contributed by atoms with Gasteiger partial charge in [0.15, 0.2) is 11.6 Å². The second-order valence-electron chi connectivity index (χ2n) is 4.12. The Hall–Kier alpha value is -2.43. The van der Waals surface area contributed by atoms with Crippen LogP contribution in [-0.4, -0.2) is 10.8 Å². The minimum Gasteiger partial charge on any atom is -0.484 e. The van der Waals surface area contributed by atoms with Crippen molar-refractivity contribution in [3.8, 4) is 5.75 Å². The van der Waals surface area contributed by atoms with Gasteiger partial charge in [-0.15, -0.1) is 0 Å². The zero-order valence-corrected chi connectivity index (χ0v) is 10.5. The minimum absolute atomic E-state index is 0.119. The number of rotatable bonds is 4. The number of hydrogen-bond acceptors (Lipinski definition) is 3. The number of pyridine rings is 1. The van der Waals surface area contributed by atoms with Crippen molar-refractivity contribution >= 4 is 5.84 Å². The van der Waals surface area contributed by atoms with Gasteiger partial charge >= 0.3 is 0 Å². The molecule has 4 nitrogen and oxygen atoms in total. The first-order chi connectivity index (χ1) is 9.06. The maximum Gasteiger partial charge on any atom is 0.165 e. The molecule has 2 aromatic rings. The van der Waals surface area contributed by atoms with Crippen molar-refractivity contribution < 1.29 is 9.13 Å². The van der Waals surface area contributed by atoms with Crippen LogP contribution in [0.15, 0.2) is 36.4 Å². The van der Waals surface area contributed by atoms with Gasteiger partial charge in [-0.3, -0.25) is 10.4 Å². The van der Waals surface area contributed by atoms with Gasteiger partial charge in [-0.25, -0.2) is 4.39 Å². The highest BCUT2D eigenvalue weighted by Gasteiger charge is 2.07. The van der Waals surface area contributed by atoms with E-state index < -0.39 is 5.82 Å². The Kier molecular flexibility index (Phi) is 3.75. The summed E-state index contributed by atoms with van der Waals surface area (Å²) < 4.78 is 19.1. The van der Waals surface area contributed by atoms with Crippen LogP contribution in [0, 0.1) is 18.2 Å². The molecule has 0 aliphatic rings. The normalized spacial score (nSPS) is 10.2. The average Bonchev–Trinajstić information content (AvgIpc) is 2.37. The Bertz CT molecular complexity index is 613. The Balaban J connectivity index is 2.10. The topological polar surface area (TPSA) is 72.0 Å². The van der Waals surface area contributed by atoms with Crippen molar-refractivity contribution in [2.24, 2.45) is 5.73 Å². The van der Waals surface area contributed by atoms with E-state index in [0.29, 0.717) is 5.56 Å². The van der Waals surface area contributed by atoms with Crippen LogP contribution < -0.4 is 10.5 Å². The van der Waals surface area contributed by atoms with Crippen LogP contribution in [0.1, 0.15) is 17.0 Å². The second kappa shape index (κ2) is 5.48. The first-order valence-corrected chi connectivity index (χ1v) is 5.75. The number of hydrogen-bond donors (Lipinski definition) is 2. The van der Waals surface area contributed by atoms with Gasteiger partial charge in [-0.05, 0) is 37.3 Å². The van der Waals surface area contributed by atoms with E-state index in [-0.39, 0.29) is 18.2 Å². The highest BCUT2D eigenvalue weighted by molar-refractivity contribution is 5.95. The molecule has 0 atom stereocenters. The summed E-state index contributed by atoms with van der Waals surface area (Å²) in [5.74, 6) is -0.598. The molecule has 1 heterocycles. The van der Waals surface area contributed by atoms with Gasteiger partial charge in [-0.2, -0.15) is 0 Å². The molecule has 98 valence electrons. The van der Waals surface area contributed by atoms with Crippen LogP contribution in [-0.2, 0) is 6.61 Å². The van der Waals surface area contributed by atoms with Crippen LogP contribution in [0.3, 0.4) is 0 Å². The van der Waals surface area contributed by atoms with Crippen molar-refractivity contribution in [2.75, 3.05) is 0 Å². The molecule has 0 amide bonds. The van der Waals surface area contributed by atoms with E-state index in [0.717, 1.165) is 11.4 Å². The summed E-state index contributed by atoms with van der Waals surface area (Å²) in [4.78, 5) is 4.26. The molecule has 0 aliphatic carbocycles. The van der Waals surface area contributed by atoms with E-state index in [4.69, 9.17) is 15.9 Å². The Labute approximate surface area is 110 Å². The van der Waals surface area contributed by atoms with Gasteiger partial charge < -0.3 is 10.5 Å². The molecule has 3 N–H and O–H groups in total. The van der Waals surface area contributed by atoms with Crippen molar-refractivity contribution in [3.05, 3.63) is 59.2 Å². The highest BCUT2D eigenvalue weighted by Crippen LogP contribution is 2.19. The number of halogens is 1. The SMILES string of the molecule is Cc1cccc(COc2ccc(C(=N)N)cc2F)n1. The van der Waals surface area contributed by atoms with Gasteiger partial charge in [-0.1, -0.05) is 6.07 Å². The van der Waals surface area contributed by atoms with Crippen molar-refractivity contribution in [1.29, 1.82) is 5.41 Å². The van der Waals surface area contributed by atoms with E-state index in [1.165, 1.54) is 12.1 Å². The fourth-order valence-corrected chi connectivity index (χ4v) is 1.62. The molecule has 0 bridgehead atoms. The summed E-state index contributed by atoms with van der Waals surface area (Å²) in [6.45, 7) is 2.07. The molecule has 0 fully saturated rings.